The smallest absolute Gasteiger partial charge is 0.321 e. The second-order valence-corrected chi connectivity index (χ2v) is 6.21. The molecule has 0 bridgehead atoms. The highest BCUT2D eigenvalue weighted by Gasteiger charge is 2.10. The molecule has 0 heterocycles. The topological polar surface area (TPSA) is 44.5 Å². The van der Waals surface area contributed by atoms with Gasteiger partial charge in [0.15, 0.2) is 0 Å². The largest absolute Gasteiger partial charge is 0.397 e. The zero-order chi connectivity index (χ0) is 10.6. The van der Waals surface area contributed by atoms with Crippen molar-refractivity contribution in [1.29, 1.82) is 0 Å². The second-order valence-electron chi connectivity index (χ2n) is 2.88. The maximum atomic E-state index is 5.57. The molecule has 0 aromatic rings. The monoisotopic (exact) mass is 237 g/mol. The molecule has 0 unspecified atom stereocenters. The van der Waals surface area contributed by atoms with Crippen molar-refractivity contribution in [1.82, 2.24) is 0 Å². The van der Waals surface area contributed by atoms with Gasteiger partial charge in [0, 0.05) is 25.5 Å². The van der Waals surface area contributed by atoms with Crippen LogP contribution in [0, 0.1) is 0 Å². The maximum absolute atomic E-state index is 5.57. The summed E-state index contributed by atoms with van der Waals surface area (Å²) >= 11 is 1.92. The molecule has 0 aromatic heterocycles. The van der Waals surface area contributed by atoms with Gasteiger partial charge in [-0.3, -0.25) is 0 Å². The lowest BCUT2D eigenvalue weighted by atomic mass is 10.6. The molecule has 0 rings (SSSR count). The molecule has 5 heteroatoms. The number of thioether (sulfide) groups is 1. The lowest BCUT2D eigenvalue weighted by molar-refractivity contribution is 0.213. The zero-order valence-corrected chi connectivity index (χ0v) is 11.3. The van der Waals surface area contributed by atoms with Crippen LogP contribution >= 0.6 is 11.8 Å². The first kappa shape index (κ1) is 14.4. The molecule has 0 aliphatic heterocycles. The van der Waals surface area contributed by atoms with Gasteiger partial charge in [0.2, 0.25) is 0 Å². The van der Waals surface area contributed by atoms with Crippen LogP contribution in [0.4, 0.5) is 0 Å². The van der Waals surface area contributed by atoms with E-state index in [-0.39, 0.29) is 0 Å². The molecule has 0 saturated heterocycles. The van der Waals surface area contributed by atoms with Crippen molar-refractivity contribution in [2.24, 2.45) is 5.73 Å². The molecule has 2 N–H and O–H groups in total. The van der Waals surface area contributed by atoms with Crippen LogP contribution in [0.5, 0.6) is 0 Å². The minimum absolute atomic E-state index is 0.780. The predicted octanol–water partition coefficient (Wildman–Crippen LogP) is 1.36. The third-order valence-electron chi connectivity index (χ3n) is 1.70. The molecule has 14 heavy (non-hydrogen) atoms. The van der Waals surface area contributed by atoms with E-state index in [4.69, 9.17) is 14.6 Å². The molecule has 0 saturated carbocycles. The Morgan fingerprint density at radius 3 is 2.29 bits per heavy atom. The summed E-state index contributed by atoms with van der Waals surface area (Å²) in [6, 6.07) is 1.12. The van der Waals surface area contributed by atoms with E-state index in [1.807, 2.05) is 25.6 Å². The molecule has 0 amide bonds. The molecule has 0 aliphatic carbocycles. The van der Waals surface area contributed by atoms with Gasteiger partial charge in [-0.25, -0.2) is 0 Å². The number of hydrogen-bond acceptors (Lipinski definition) is 4. The van der Waals surface area contributed by atoms with Gasteiger partial charge >= 0.3 is 9.28 Å². The Morgan fingerprint density at radius 1 is 1.14 bits per heavy atom. The average Bonchev–Trinajstić information content (AvgIpc) is 2.18. The van der Waals surface area contributed by atoms with E-state index in [9.17, 15) is 0 Å². The molecule has 0 atom stereocenters. The Hall–Kier alpha value is 0.447. The normalized spacial score (nSPS) is 11.1. The van der Waals surface area contributed by atoms with E-state index < -0.39 is 9.28 Å². The van der Waals surface area contributed by atoms with Crippen LogP contribution in [0.2, 0.25) is 6.04 Å². The summed E-state index contributed by atoms with van der Waals surface area (Å²) in [5, 5.41) is 0. The van der Waals surface area contributed by atoms with E-state index in [1.165, 1.54) is 12.2 Å². The highest BCUT2D eigenvalue weighted by Crippen LogP contribution is 2.07. The third kappa shape index (κ3) is 9.02. The number of hydrogen-bond donors (Lipinski definition) is 1. The zero-order valence-electron chi connectivity index (χ0n) is 9.33. The van der Waals surface area contributed by atoms with Crippen molar-refractivity contribution in [2.75, 3.05) is 31.3 Å². The predicted molar refractivity (Wildman–Crippen MR) is 66.2 cm³/mol. The molecule has 86 valence electrons. The van der Waals surface area contributed by atoms with Crippen molar-refractivity contribution in [3.8, 4) is 0 Å². The van der Waals surface area contributed by atoms with Crippen LogP contribution in [0.3, 0.4) is 0 Å². The van der Waals surface area contributed by atoms with Gasteiger partial charge in [-0.05, 0) is 32.1 Å². The fourth-order valence-corrected chi connectivity index (χ4v) is 3.87. The van der Waals surface area contributed by atoms with Gasteiger partial charge in [0.05, 0.1) is 0 Å². The highest BCUT2D eigenvalue weighted by atomic mass is 32.2. The first-order chi connectivity index (χ1) is 6.85. The van der Waals surface area contributed by atoms with Gasteiger partial charge in [0.1, 0.15) is 0 Å². The van der Waals surface area contributed by atoms with Crippen LogP contribution in [-0.2, 0) is 8.85 Å². The van der Waals surface area contributed by atoms with E-state index in [0.717, 1.165) is 31.6 Å². The summed E-state index contributed by atoms with van der Waals surface area (Å²) in [7, 11) is -1.33. The molecular weight excluding hydrogens is 214 g/mol. The summed E-state index contributed by atoms with van der Waals surface area (Å²) in [4.78, 5) is 0. The fourth-order valence-electron chi connectivity index (χ4n) is 1.12. The Labute approximate surface area is 93.6 Å². The fraction of sp³-hybridized carbons (Fsp3) is 1.00. The Bertz CT molecular complexity index is 113. The van der Waals surface area contributed by atoms with Crippen molar-refractivity contribution in [3.63, 3.8) is 0 Å². The van der Waals surface area contributed by atoms with Crippen LogP contribution in [0.25, 0.3) is 0 Å². The van der Waals surface area contributed by atoms with E-state index in [2.05, 4.69) is 0 Å². The van der Waals surface area contributed by atoms with Gasteiger partial charge in [-0.1, -0.05) is 0 Å². The van der Waals surface area contributed by atoms with E-state index >= 15 is 0 Å². The van der Waals surface area contributed by atoms with Crippen LogP contribution < -0.4 is 5.73 Å². The van der Waals surface area contributed by atoms with Gasteiger partial charge < -0.3 is 14.6 Å². The molecule has 0 spiro atoms. The minimum Gasteiger partial charge on any atom is -0.397 e. The molecule has 0 fully saturated rings. The summed E-state index contributed by atoms with van der Waals surface area (Å²) in [6.45, 7) is 6.41. The van der Waals surface area contributed by atoms with Crippen LogP contribution in [-0.4, -0.2) is 40.5 Å². The minimum atomic E-state index is -1.33. The van der Waals surface area contributed by atoms with E-state index in [0.29, 0.717) is 0 Å². The van der Waals surface area contributed by atoms with Crippen LogP contribution in [0.1, 0.15) is 20.3 Å². The maximum Gasteiger partial charge on any atom is 0.321 e. The van der Waals surface area contributed by atoms with Gasteiger partial charge in [-0.15, -0.1) is 0 Å². The first-order valence-electron chi connectivity index (χ1n) is 5.36. The van der Waals surface area contributed by atoms with Gasteiger partial charge in [-0.2, -0.15) is 11.8 Å². The standard InChI is InChI=1S/C9H23NO2SSi/c1-3-11-14(12-4-2)9-5-7-13-8-6-10/h14H,3-10H2,1-2H3. The highest BCUT2D eigenvalue weighted by molar-refractivity contribution is 7.99. The second kappa shape index (κ2) is 11.5. The Morgan fingerprint density at radius 2 is 1.79 bits per heavy atom. The van der Waals surface area contributed by atoms with Crippen molar-refractivity contribution in [3.05, 3.63) is 0 Å². The molecule has 0 aliphatic rings. The lowest BCUT2D eigenvalue weighted by Gasteiger charge is -2.14. The van der Waals surface area contributed by atoms with Gasteiger partial charge in [0.25, 0.3) is 0 Å². The summed E-state index contributed by atoms with van der Waals surface area (Å²) in [5.74, 6) is 2.25. The average molecular weight is 237 g/mol. The number of nitrogens with two attached hydrogens (primary N) is 1. The molecule has 3 nitrogen and oxygen atoms in total. The quantitative estimate of drug-likeness (QED) is 0.460. The number of rotatable bonds is 10. The summed E-state index contributed by atoms with van der Waals surface area (Å²) < 4.78 is 11.1. The first-order valence-corrected chi connectivity index (χ1v) is 8.27. The van der Waals surface area contributed by atoms with Crippen molar-refractivity contribution in [2.45, 2.75) is 26.3 Å². The summed E-state index contributed by atoms with van der Waals surface area (Å²) in [5.41, 5.74) is 5.40. The van der Waals surface area contributed by atoms with E-state index in [1.54, 1.807) is 0 Å². The lowest BCUT2D eigenvalue weighted by Crippen LogP contribution is -2.22. The SMILES string of the molecule is CCO[SiH](CCCSCCN)OCC. The van der Waals surface area contributed by atoms with Crippen LogP contribution in [0.15, 0.2) is 0 Å². The summed E-state index contributed by atoms with van der Waals surface area (Å²) in [6.07, 6.45) is 1.20. The molecule has 0 aromatic carbocycles. The Kier molecular flexibility index (Phi) is 11.9. The third-order valence-corrected chi connectivity index (χ3v) is 5.09. The Balaban J connectivity index is 3.30. The van der Waals surface area contributed by atoms with Crippen molar-refractivity contribution >= 4 is 21.0 Å². The molecule has 0 radical (unpaired) electrons. The van der Waals surface area contributed by atoms with Crippen molar-refractivity contribution < 1.29 is 8.85 Å². The molecular formula is C9H23NO2SSi.